The van der Waals surface area contributed by atoms with E-state index in [1.165, 1.54) is 55.6 Å². The molecular formula is C48H37N. The highest BCUT2D eigenvalue weighted by atomic mass is 15.1. The maximum atomic E-state index is 2.46. The van der Waals surface area contributed by atoms with Crippen molar-refractivity contribution in [1.82, 2.24) is 0 Å². The third kappa shape index (κ3) is 6.52. The van der Waals surface area contributed by atoms with Gasteiger partial charge in [0.15, 0.2) is 0 Å². The summed E-state index contributed by atoms with van der Waals surface area (Å²) >= 11 is 0. The molecule has 234 valence electrons. The molecule has 0 aromatic heterocycles. The molecule has 0 fully saturated rings. The van der Waals surface area contributed by atoms with Crippen LogP contribution in [0.3, 0.4) is 0 Å². The second-order valence-corrected chi connectivity index (χ2v) is 12.5. The zero-order valence-electron chi connectivity index (χ0n) is 27.4. The second kappa shape index (κ2) is 13.9. The Bertz CT molecular complexity index is 2190. The molecule has 1 heteroatoms. The van der Waals surface area contributed by atoms with Crippen LogP contribution < -0.4 is 4.90 Å². The van der Waals surface area contributed by atoms with Gasteiger partial charge in [0.05, 0.1) is 5.69 Å². The average Bonchev–Trinajstić information content (AvgIpc) is 3.20. The summed E-state index contributed by atoms with van der Waals surface area (Å²) in [6.45, 7) is 0. The molecule has 1 nitrogen and oxygen atoms in total. The van der Waals surface area contributed by atoms with Crippen LogP contribution in [-0.2, 0) is 0 Å². The zero-order chi connectivity index (χ0) is 32.8. The zero-order valence-corrected chi connectivity index (χ0v) is 27.4. The van der Waals surface area contributed by atoms with Gasteiger partial charge in [-0.05, 0) is 105 Å². The van der Waals surface area contributed by atoms with E-state index in [1.807, 2.05) is 0 Å². The first-order valence-corrected chi connectivity index (χ1v) is 17.1. The lowest BCUT2D eigenvalue weighted by molar-refractivity contribution is 1.04. The van der Waals surface area contributed by atoms with Crippen molar-refractivity contribution >= 4 is 22.6 Å². The van der Waals surface area contributed by atoms with Gasteiger partial charge in [-0.1, -0.05) is 158 Å². The molecule has 0 amide bonds. The van der Waals surface area contributed by atoms with Gasteiger partial charge in [-0.25, -0.2) is 0 Å². The molecule has 0 saturated heterocycles. The lowest BCUT2D eigenvalue weighted by Crippen LogP contribution is -2.12. The highest BCUT2D eigenvalue weighted by Crippen LogP contribution is 2.45. The standard InChI is InChI=1S/C48H37N/c1-6-18-36(19-7-1)41-30-42(37-20-8-2-9-21-37)33-45(32-41)49(48-29-17-16-28-47(48)40-26-14-5-15-27-40)46-34-43(38-22-10-3-11-23-38)31-44(35-46)39-24-12-4-13-25-39/h1-3,5-12,14-35H,4,13H2. The minimum absolute atomic E-state index is 1.05. The molecule has 7 aromatic rings. The van der Waals surface area contributed by atoms with Crippen molar-refractivity contribution in [2.24, 2.45) is 0 Å². The van der Waals surface area contributed by atoms with Crippen LogP contribution in [0.5, 0.6) is 0 Å². The van der Waals surface area contributed by atoms with Gasteiger partial charge in [-0.2, -0.15) is 0 Å². The van der Waals surface area contributed by atoms with Crippen LogP contribution >= 0.6 is 0 Å². The van der Waals surface area contributed by atoms with E-state index in [2.05, 4.69) is 205 Å². The van der Waals surface area contributed by atoms with Crippen molar-refractivity contribution in [3.63, 3.8) is 0 Å². The molecule has 0 atom stereocenters. The number of allylic oxidation sites excluding steroid dienone is 4. The fourth-order valence-electron chi connectivity index (χ4n) is 6.82. The van der Waals surface area contributed by atoms with E-state index in [0.29, 0.717) is 0 Å². The van der Waals surface area contributed by atoms with Crippen LogP contribution in [-0.4, -0.2) is 0 Å². The Morgan fingerprint density at radius 3 is 1.27 bits per heavy atom. The van der Waals surface area contributed by atoms with Gasteiger partial charge in [0.2, 0.25) is 0 Å². The predicted octanol–water partition coefficient (Wildman–Crippen LogP) is 13.6. The molecular weight excluding hydrogens is 591 g/mol. The van der Waals surface area contributed by atoms with Crippen LogP contribution in [0.15, 0.2) is 200 Å². The largest absolute Gasteiger partial charge is 0.310 e. The highest BCUT2D eigenvalue weighted by Gasteiger charge is 2.21. The molecule has 0 aliphatic heterocycles. The molecule has 0 heterocycles. The molecule has 49 heavy (non-hydrogen) atoms. The summed E-state index contributed by atoms with van der Waals surface area (Å²) in [5.41, 5.74) is 15.3. The normalized spacial score (nSPS) is 12.4. The maximum absolute atomic E-state index is 2.46. The van der Waals surface area contributed by atoms with Crippen LogP contribution in [0.2, 0.25) is 0 Å². The minimum Gasteiger partial charge on any atom is -0.310 e. The number of para-hydroxylation sites is 1. The average molecular weight is 628 g/mol. The molecule has 1 aliphatic rings. The first-order valence-electron chi connectivity index (χ1n) is 17.1. The Morgan fingerprint density at radius 1 is 0.347 bits per heavy atom. The van der Waals surface area contributed by atoms with Gasteiger partial charge in [0.1, 0.15) is 0 Å². The summed E-state index contributed by atoms with van der Waals surface area (Å²) in [7, 11) is 0. The van der Waals surface area contributed by atoms with E-state index in [-0.39, 0.29) is 0 Å². The number of anilines is 3. The van der Waals surface area contributed by atoms with E-state index in [1.54, 1.807) is 0 Å². The molecule has 7 aromatic carbocycles. The van der Waals surface area contributed by atoms with Crippen molar-refractivity contribution in [2.45, 2.75) is 12.8 Å². The summed E-state index contributed by atoms with van der Waals surface area (Å²) in [5, 5.41) is 0. The molecule has 1 aliphatic carbocycles. The maximum Gasteiger partial charge on any atom is 0.0540 e. The van der Waals surface area contributed by atoms with Crippen LogP contribution in [0.4, 0.5) is 17.1 Å². The molecule has 0 saturated carbocycles. The quantitative estimate of drug-likeness (QED) is 0.162. The summed E-state index contributed by atoms with van der Waals surface area (Å²) in [5.74, 6) is 0. The summed E-state index contributed by atoms with van der Waals surface area (Å²) in [4.78, 5) is 2.46. The molecule has 0 radical (unpaired) electrons. The van der Waals surface area contributed by atoms with Gasteiger partial charge < -0.3 is 4.90 Å². The molecule has 0 spiro atoms. The topological polar surface area (TPSA) is 3.24 Å². The summed E-state index contributed by atoms with van der Waals surface area (Å²) in [6, 6.07) is 65.8. The van der Waals surface area contributed by atoms with Crippen LogP contribution in [0.25, 0.3) is 50.1 Å². The smallest absolute Gasteiger partial charge is 0.0540 e. The van der Waals surface area contributed by atoms with Crippen molar-refractivity contribution in [2.75, 3.05) is 4.90 Å². The second-order valence-electron chi connectivity index (χ2n) is 12.5. The number of hydrogen-bond donors (Lipinski definition) is 0. The monoisotopic (exact) mass is 627 g/mol. The lowest BCUT2D eigenvalue weighted by atomic mass is 9.93. The van der Waals surface area contributed by atoms with Gasteiger partial charge in [-0.3, -0.25) is 0 Å². The number of benzene rings is 7. The SMILES string of the molecule is C1=CC(c2cc(-c3ccccc3)cc(N(c3cc(-c4ccccc4)cc(-c4ccccc4)c3)c3ccccc3-c3ccccc3)c2)=CCC1. The Labute approximate surface area is 289 Å². The van der Waals surface area contributed by atoms with E-state index in [4.69, 9.17) is 0 Å². The predicted molar refractivity (Wildman–Crippen MR) is 209 cm³/mol. The van der Waals surface area contributed by atoms with Crippen molar-refractivity contribution in [3.8, 4) is 44.5 Å². The van der Waals surface area contributed by atoms with Crippen LogP contribution in [0.1, 0.15) is 18.4 Å². The molecule has 0 unspecified atom stereocenters. The van der Waals surface area contributed by atoms with Gasteiger partial charge in [0, 0.05) is 16.9 Å². The summed E-state index contributed by atoms with van der Waals surface area (Å²) in [6.07, 6.45) is 9.09. The first kappa shape index (κ1) is 30.2. The fourth-order valence-corrected chi connectivity index (χ4v) is 6.82. The molecule has 0 bridgehead atoms. The first-order chi connectivity index (χ1) is 24.3. The fraction of sp³-hybridized carbons (Fsp3) is 0.0417. The van der Waals surface area contributed by atoms with Crippen molar-refractivity contribution in [1.29, 1.82) is 0 Å². The van der Waals surface area contributed by atoms with E-state index in [9.17, 15) is 0 Å². The summed E-state index contributed by atoms with van der Waals surface area (Å²) < 4.78 is 0. The van der Waals surface area contributed by atoms with Gasteiger partial charge in [-0.15, -0.1) is 0 Å². The van der Waals surface area contributed by atoms with E-state index >= 15 is 0 Å². The number of rotatable bonds is 8. The van der Waals surface area contributed by atoms with E-state index < -0.39 is 0 Å². The van der Waals surface area contributed by atoms with Crippen molar-refractivity contribution in [3.05, 3.63) is 206 Å². The molecule has 0 N–H and O–H groups in total. The Hall–Kier alpha value is -6.18. The van der Waals surface area contributed by atoms with Crippen LogP contribution in [0, 0.1) is 0 Å². The Morgan fingerprint density at radius 2 is 0.776 bits per heavy atom. The van der Waals surface area contributed by atoms with Gasteiger partial charge in [0.25, 0.3) is 0 Å². The van der Waals surface area contributed by atoms with E-state index in [0.717, 1.165) is 29.9 Å². The van der Waals surface area contributed by atoms with Crippen molar-refractivity contribution < 1.29 is 0 Å². The van der Waals surface area contributed by atoms with Gasteiger partial charge >= 0.3 is 0 Å². The minimum atomic E-state index is 1.05. The lowest BCUT2D eigenvalue weighted by Gasteiger charge is -2.30. The highest BCUT2D eigenvalue weighted by molar-refractivity contribution is 5.93. The molecule has 8 rings (SSSR count). The Kier molecular flexibility index (Phi) is 8.56. The third-order valence-corrected chi connectivity index (χ3v) is 9.23. The Balaban J connectivity index is 1.43. The third-order valence-electron chi connectivity index (χ3n) is 9.23. The number of nitrogens with zero attached hydrogens (tertiary/aromatic N) is 1. The number of hydrogen-bond acceptors (Lipinski definition) is 1.